The van der Waals surface area contributed by atoms with Gasteiger partial charge in [0, 0.05) is 17.6 Å². The molecule has 0 atom stereocenters. The number of hydrogen-bond acceptors (Lipinski definition) is 1. The summed E-state index contributed by atoms with van der Waals surface area (Å²) in [6, 6.07) is 16.9. The molecule has 2 nitrogen and oxygen atoms in total. The van der Waals surface area contributed by atoms with Crippen molar-refractivity contribution in [2.24, 2.45) is 0 Å². The predicted octanol–water partition coefficient (Wildman–Crippen LogP) is 5.43. The van der Waals surface area contributed by atoms with Crippen molar-refractivity contribution in [2.75, 3.05) is 0 Å². The third-order valence-corrected chi connectivity index (χ3v) is 4.90. The van der Waals surface area contributed by atoms with Gasteiger partial charge in [-0.15, -0.1) is 0 Å². The molecule has 0 aromatic heterocycles. The molecule has 0 heterocycles. The van der Waals surface area contributed by atoms with E-state index in [-0.39, 0.29) is 18.0 Å². The van der Waals surface area contributed by atoms with Crippen LogP contribution >= 0.6 is 0 Å². The lowest BCUT2D eigenvalue weighted by Crippen LogP contribution is -2.42. The van der Waals surface area contributed by atoms with Gasteiger partial charge in [0.05, 0.1) is 0 Å². The molecule has 2 aromatic carbocycles. The molecule has 0 radical (unpaired) electrons. The van der Waals surface area contributed by atoms with E-state index < -0.39 is 0 Å². The Kier molecular flexibility index (Phi) is 5.08. The van der Waals surface area contributed by atoms with E-state index in [2.05, 4.69) is 64.1 Å². The van der Waals surface area contributed by atoms with E-state index in [1.165, 1.54) is 16.7 Å². The van der Waals surface area contributed by atoms with Gasteiger partial charge in [-0.25, -0.2) is 0 Å². The SMILES string of the molecule is CC(C)N(C(=O)c1ccccc1/C=C1\CCc2ccccc21)C(C)C. The molecule has 0 aliphatic heterocycles. The summed E-state index contributed by atoms with van der Waals surface area (Å²) in [5.74, 6) is 0.115. The van der Waals surface area contributed by atoms with Crippen molar-refractivity contribution < 1.29 is 4.79 Å². The van der Waals surface area contributed by atoms with Gasteiger partial charge >= 0.3 is 0 Å². The molecular formula is C23H27NO. The number of fused-ring (bicyclic) bond motifs is 1. The second-order valence-electron chi connectivity index (χ2n) is 7.31. The van der Waals surface area contributed by atoms with Crippen LogP contribution in [0.1, 0.15) is 61.2 Å². The minimum atomic E-state index is 0.115. The number of nitrogens with zero attached hydrogens (tertiary/aromatic N) is 1. The van der Waals surface area contributed by atoms with Gasteiger partial charge in [0.1, 0.15) is 0 Å². The van der Waals surface area contributed by atoms with E-state index in [0.717, 1.165) is 24.0 Å². The monoisotopic (exact) mass is 333 g/mol. The van der Waals surface area contributed by atoms with Crippen molar-refractivity contribution in [3.05, 3.63) is 70.8 Å². The first-order valence-corrected chi connectivity index (χ1v) is 9.19. The summed E-state index contributed by atoms with van der Waals surface area (Å²) in [5, 5.41) is 0. The summed E-state index contributed by atoms with van der Waals surface area (Å²) < 4.78 is 0. The number of allylic oxidation sites excluding steroid dienone is 1. The average molecular weight is 333 g/mol. The van der Waals surface area contributed by atoms with Gasteiger partial charge in [0.2, 0.25) is 0 Å². The highest BCUT2D eigenvalue weighted by molar-refractivity contribution is 6.00. The zero-order valence-electron chi connectivity index (χ0n) is 15.6. The van der Waals surface area contributed by atoms with E-state index in [9.17, 15) is 4.79 Å². The maximum atomic E-state index is 13.2. The van der Waals surface area contributed by atoms with Crippen LogP contribution in [-0.4, -0.2) is 22.9 Å². The van der Waals surface area contributed by atoms with E-state index >= 15 is 0 Å². The highest BCUT2D eigenvalue weighted by Crippen LogP contribution is 2.34. The van der Waals surface area contributed by atoms with Crippen LogP contribution in [0, 0.1) is 0 Å². The van der Waals surface area contributed by atoms with Gasteiger partial charge in [-0.1, -0.05) is 48.5 Å². The Balaban J connectivity index is 2.00. The molecule has 25 heavy (non-hydrogen) atoms. The van der Waals surface area contributed by atoms with Crippen molar-refractivity contribution >= 4 is 17.6 Å². The minimum absolute atomic E-state index is 0.115. The van der Waals surface area contributed by atoms with Crippen molar-refractivity contribution in [1.29, 1.82) is 0 Å². The van der Waals surface area contributed by atoms with Crippen LogP contribution in [0.25, 0.3) is 11.6 Å². The van der Waals surface area contributed by atoms with Crippen LogP contribution in [0.4, 0.5) is 0 Å². The molecule has 0 bridgehead atoms. The van der Waals surface area contributed by atoms with Crippen molar-refractivity contribution in [3.63, 3.8) is 0 Å². The molecule has 0 N–H and O–H groups in total. The van der Waals surface area contributed by atoms with Crippen LogP contribution in [0.3, 0.4) is 0 Å². The number of hydrogen-bond donors (Lipinski definition) is 0. The normalized spacial score (nSPS) is 15.0. The summed E-state index contributed by atoms with van der Waals surface area (Å²) in [5.41, 5.74) is 5.88. The number of aryl methyl sites for hydroxylation is 1. The van der Waals surface area contributed by atoms with Gasteiger partial charge in [0.15, 0.2) is 0 Å². The summed E-state index contributed by atoms with van der Waals surface area (Å²) in [6.45, 7) is 8.30. The smallest absolute Gasteiger partial charge is 0.254 e. The number of carbonyl (C=O) groups excluding carboxylic acids is 1. The van der Waals surface area contributed by atoms with Crippen LogP contribution in [0.5, 0.6) is 0 Å². The molecule has 0 spiro atoms. The van der Waals surface area contributed by atoms with Gasteiger partial charge in [-0.3, -0.25) is 4.79 Å². The largest absolute Gasteiger partial charge is 0.334 e. The van der Waals surface area contributed by atoms with Crippen LogP contribution in [0.15, 0.2) is 48.5 Å². The van der Waals surface area contributed by atoms with Crippen molar-refractivity contribution in [1.82, 2.24) is 4.90 Å². The molecule has 1 amide bonds. The maximum absolute atomic E-state index is 13.2. The Morgan fingerprint density at radius 3 is 2.28 bits per heavy atom. The molecule has 2 aromatic rings. The molecule has 0 unspecified atom stereocenters. The summed E-state index contributed by atoms with van der Waals surface area (Å²) in [4.78, 5) is 15.1. The fourth-order valence-corrected chi connectivity index (χ4v) is 3.82. The van der Waals surface area contributed by atoms with Crippen molar-refractivity contribution in [2.45, 2.75) is 52.6 Å². The lowest BCUT2D eigenvalue weighted by Gasteiger charge is -2.31. The predicted molar refractivity (Wildman–Crippen MR) is 106 cm³/mol. The molecule has 1 aliphatic carbocycles. The van der Waals surface area contributed by atoms with Gasteiger partial charge in [0.25, 0.3) is 5.91 Å². The fourth-order valence-electron chi connectivity index (χ4n) is 3.82. The molecular weight excluding hydrogens is 306 g/mol. The first kappa shape index (κ1) is 17.5. The second kappa shape index (κ2) is 7.26. The molecule has 0 fully saturated rings. The van der Waals surface area contributed by atoms with E-state index in [0.29, 0.717) is 0 Å². The quantitative estimate of drug-likeness (QED) is 0.730. The van der Waals surface area contributed by atoms with Crippen LogP contribution in [0.2, 0.25) is 0 Å². The Labute approximate surface area is 151 Å². The Hall–Kier alpha value is -2.35. The van der Waals surface area contributed by atoms with E-state index in [4.69, 9.17) is 0 Å². The summed E-state index contributed by atoms with van der Waals surface area (Å²) in [7, 11) is 0. The summed E-state index contributed by atoms with van der Waals surface area (Å²) >= 11 is 0. The Morgan fingerprint density at radius 2 is 1.56 bits per heavy atom. The molecule has 1 aliphatic rings. The summed E-state index contributed by atoms with van der Waals surface area (Å²) in [6.07, 6.45) is 4.33. The average Bonchev–Trinajstić information content (AvgIpc) is 2.98. The maximum Gasteiger partial charge on any atom is 0.254 e. The topological polar surface area (TPSA) is 20.3 Å². The zero-order valence-corrected chi connectivity index (χ0v) is 15.6. The Morgan fingerprint density at radius 1 is 0.920 bits per heavy atom. The third-order valence-electron chi connectivity index (χ3n) is 4.90. The van der Waals surface area contributed by atoms with Crippen LogP contribution < -0.4 is 0 Å². The standard InChI is InChI=1S/C23H27NO/c1-16(2)24(17(3)4)23(25)22-12-8-6-10-19(22)15-20-14-13-18-9-5-7-11-21(18)20/h5-12,15-17H,13-14H2,1-4H3/b20-15+. The van der Waals surface area contributed by atoms with Crippen LogP contribution in [-0.2, 0) is 6.42 Å². The number of amides is 1. The molecule has 2 heteroatoms. The number of rotatable bonds is 4. The first-order valence-electron chi connectivity index (χ1n) is 9.19. The van der Waals surface area contributed by atoms with E-state index in [1.807, 2.05) is 23.1 Å². The molecule has 3 rings (SSSR count). The van der Waals surface area contributed by atoms with Crippen molar-refractivity contribution in [3.8, 4) is 0 Å². The Bertz CT molecular complexity index is 793. The number of benzene rings is 2. The lowest BCUT2D eigenvalue weighted by atomic mass is 9.99. The highest BCUT2D eigenvalue weighted by Gasteiger charge is 2.23. The zero-order chi connectivity index (χ0) is 18.0. The first-order chi connectivity index (χ1) is 12.0. The third kappa shape index (κ3) is 3.53. The fraction of sp³-hybridized carbons (Fsp3) is 0.348. The molecule has 0 saturated heterocycles. The molecule has 130 valence electrons. The van der Waals surface area contributed by atoms with Gasteiger partial charge < -0.3 is 4.90 Å². The van der Waals surface area contributed by atoms with E-state index in [1.54, 1.807) is 0 Å². The second-order valence-corrected chi connectivity index (χ2v) is 7.31. The molecule has 0 saturated carbocycles. The number of carbonyl (C=O) groups is 1. The van der Waals surface area contributed by atoms with Gasteiger partial charge in [-0.2, -0.15) is 0 Å². The minimum Gasteiger partial charge on any atom is -0.334 e. The highest BCUT2D eigenvalue weighted by atomic mass is 16.2. The lowest BCUT2D eigenvalue weighted by molar-refractivity contribution is 0.0643. The van der Waals surface area contributed by atoms with Gasteiger partial charge in [-0.05, 0) is 68.9 Å².